The van der Waals surface area contributed by atoms with E-state index in [9.17, 15) is 4.79 Å². The van der Waals surface area contributed by atoms with Crippen LogP contribution in [-0.4, -0.2) is 5.78 Å². The monoisotopic (exact) mass is 226 g/mol. The average Bonchev–Trinajstić information content (AvgIpc) is 2.32. The first-order valence-corrected chi connectivity index (χ1v) is 6.06. The summed E-state index contributed by atoms with van der Waals surface area (Å²) in [5, 5.41) is 0. The lowest BCUT2D eigenvalue weighted by atomic mass is 9.76. The van der Waals surface area contributed by atoms with Crippen molar-refractivity contribution in [2.45, 2.75) is 32.6 Å². The quantitative estimate of drug-likeness (QED) is 0.702. The van der Waals surface area contributed by atoms with E-state index in [-0.39, 0.29) is 5.92 Å². The van der Waals surface area contributed by atoms with Gasteiger partial charge in [-0.3, -0.25) is 4.79 Å². The zero-order chi connectivity index (χ0) is 12.4. The van der Waals surface area contributed by atoms with Crippen molar-refractivity contribution >= 4 is 5.78 Å². The largest absolute Gasteiger partial charge is 0.299 e. The number of hydrogen-bond acceptors (Lipinski definition) is 1. The van der Waals surface area contributed by atoms with Gasteiger partial charge in [-0.25, -0.2) is 0 Å². The topological polar surface area (TPSA) is 17.1 Å². The molecule has 88 valence electrons. The minimum atomic E-state index is 0.202. The Kier molecular flexibility index (Phi) is 3.28. The Morgan fingerprint density at radius 2 is 2.24 bits per heavy atom. The molecule has 0 fully saturated rings. The molecule has 17 heavy (non-hydrogen) atoms. The van der Waals surface area contributed by atoms with Crippen LogP contribution in [0.15, 0.2) is 42.5 Å². The maximum atomic E-state index is 11.9. The third kappa shape index (κ3) is 2.10. The van der Waals surface area contributed by atoms with E-state index in [1.165, 1.54) is 16.7 Å². The van der Waals surface area contributed by atoms with Crippen LogP contribution in [0.4, 0.5) is 0 Å². The molecule has 0 saturated carbocycles. The van der Waals surface area contributed by atoms with Crippen LogP contribution in [0.3, 0.4) is 0 Å². The average molecular weight is 226 g/mol. The second kappa shape index (κ2) is 4.70. The molecule has 1 aliphatic rings. The number of carbonyl (C=O) groups excluding carboxylic acids is 1. The summed E-state index contributed by atoms with van der Waals surface area (Å²) in [7, 11) is 0. The van der Waals surface area contributed by atoms with Crippen molar-refractivity contribution in [1.82, 2.24) is 0 Å². The van der Waals surface area contributed by atoms with E-state index in [0.29, 0.717) is 18.6 Å². The first-order valence-electron chi connectivity index (χ1n) is 6.06. The number of ketones is 1. The third-order valence-electron chi connectivity index (χ3n) is 3.60. The zero-order valence-electron chi connectivity index (χ0n) is 10.5. The van der Waals surface area contributed by atoms with Crippen LogP contribution < -0.4 is 0 Å². The van der Waals surface area contributed by atoms with E-state index in [4.69, 9.17) is 0 Å². The van der Waals surface area contributed by atoms with Crippen LogP contribution in [0.5, 0.6) is 0 Å². The Labute approximate surface area is 103 Å². The molecule has 0 N–H and O–H groups in total. The number of allylic oxidation sites excluding steroid dienone is 3. The Morgan fingerprint density at radius 1 is 1.47 bits per heavy atom. The first-order chi connectivity index (χ1) is 8.17. The minimum Gasteiger partial charge on any atom is -0.299 e. The number of Topliss-reactive ketones (excluding diaryl/α,β-unsaturated/α-hetero) is 1. The number of benzene rings is 1. The summed E-state index contributed by atoms with van der Waals surface area (Å²) in [4.78, 5) is 11.9. The number of rotatable bonds is 2. The van der Waals surface area contributed by atoms with Gasteiger partial charge in [0.1, 0.15) is 5.78 Å². The normalized spacial score (nSPS) is 20.0. The Bertz CT molecular complexity index is 494. The van der Waals surface area contributed by atoms with Crippen LogP contribution >= 0.6 is 0 Å². The molecule has 1 aliphatic carbocycles. The fourth-order valence-corrected chi connectivity index (χ4v) is 2.66. The van der Waals surface area contributed by atoms with Crippen LogP contribution in [-0.2, 0) is 11.2 Å². The van der Waals surface area contributed by atoms with E-state index in [2.05, 4.69) is 37.8 Å². The molecular formula is C16H18O. The van der Waals surface area contributed by atoms with E-state index in [1.807, 2.05) is 13.0 Å². The third-order valence-corrected chi connectivity index (χ3v) is 3.60. The predicted molar refractivity (Wildman–Crippen MR) is 71.2 cm³/mol. The molecule has 0 radical (unpaired) electrons. The second-order valence-corrected chi connectivity index (χ2v) is 4.61. The second-order valence-electron chi connectivity index (χ2n) is 4.61. The number of fused-ring (bicyclic) bond motifs is 1. The van der Waals surface area contributed by atoms with Gasteiger partial charge in [-0.1, -0.05) is 36.9 Å². The number of hydrogen-bond donors (Lipinski definition) is 0. The first kappa shape index (κ1) is 11.8. The zero-order valence-corrected chi connectivity index (χ0v) is 10.5. The van der Waals surface area contributed by atoms with E-state index < -0.39 is 0 Å². The molecule has 0 aromatic heterocycles. The summed E-state index contributed by atoms with van der Waals surface area (Å²) in [6.07, 6.45) is 5.13. The molecule has 1 heteroatoms. The van der Waals surface area contributed by atoms with Gasteiger partial charge < -0.3 is 0 Å². The van der Waals surface area contributed by atoms with Crippen molar-refractivity contribution < 1.29 is 4.79 Å². The number of carbonyl (C=O) groups is 1. The fourth-order valence-electron chi connectivity index (χ4n) is 2.66. The summed E-state index contributed by atoms with van der Waals surface area (Å²) in [6, 6.07) is 6.30. The van der Waals surface area contributed by atoms with Crippen molar-refractivity contribution in [2.75, 3.05) is 0 Å². The van der Waals surface area contributed by atoms with Gasteiger partial charge in [0.15, 0.2) is 0 Å². The molecule has 1 aromatic rings. The van der Waals surface area contributed by atoms with Gasteiger partial charge in [-0.2, -0.15) is 0 Å². The molecule has 0 unspecified atom stereocenters. The lowest BCUT2D eigenvalue weighted by Crippen LogP contribution is -2.20. The maximum Gasteiger partial charge on any atom is 0.138 e. The van der Waals surface area contributed by atoms with E-state index in [0.717, 1.165) is 5.57 Å². The lowest BCUT2D eigenvalue weighted by Gasteiger charge is -2.27. The molecule has 0 aliphatic heterocycles. The molecule has 0 amide bonds. The summed E-state index contributed by atoms with van der Waals surface area (Å²) in [5.41, 5.74) is 4.90. The predicted octanol–water partition coefficient (Wildman–Crippen LogP) is 3.73. The fraction of sp³-hybridized carbons (Fsp3) is 0.312. The van der Waals surface area contributed by atoms with Gasteiger partial charge in [0, 0.05) is 18.8 Å². The molecule has 0 heterocycles. The lowest BCUT2D eigenvalue weighted by molar-refractivity contribution is -0.119. The minimum absolute atomic E-state index is 0.202. The standard InChI is InChI=1S/C16H18O/c1-4-12(5-2)16-10-13(17)9-15-11(3)7-6-8-14(15)16/h4-8,16H,1,9-10H2,2-3H3/b12-5+/t16-/m0/s1. The van der Waals surface area contributed by atoms with E-state index >= 15 is 0 Å². The van der Waals surface area contributed by atoms with Gasteiger partial charge >= 0.3 is 0 Å². The molecule has 2 rings (SSSR count). The van der Waals surface area contributed by atoms with Gasteiger partial charge in [0.05, 0.1) is 0 Å². The van der Waals surface area contributed by atoms with Gasteiger partial charge in [-0.15, -0.1) is 0 Å². The highest BCUT2D eigenvalue weighted by atomic mass is 16.1. The van der Waals surface area contributed by atoms with Crippen LogP contribution in [0.25, 0.3) is 0 Å². The van der Waals surface area contributed by atoms with Gasteiger partial charge in [-0.05, 0) is 36.1 Å². The Balaban J connectivity index is 2.55. The van der Waals surface area contributed by atoms with Gasteiger partial charge in [0.25, 0.3) is 0 Å². The molecule has 1 aromatic carbocycles. The molecule has 1 nitrogen and oxygen atoms in total. The van der Waals surface area contributed by atoms with Crippen molar-refractivity contribution in [3.8, 4) is 0 Å². The van der Waals surface area contributed by atoms with Crippen molar-refractivity contribution in [3.63, 3.8) is 0 Å². The van der Waals surface area contributed by atoms with Crippen molar-refractivity contribution in [1.29, 1.82) is 0 Å². The highest BCUT2D eigenvalue weighted by Crippen LogP contribution is 2.36. The summed E-state index contributed by atoms with van der Waals surface area (Å²) in [5.74, 6) is 0.534. The van der Waals surface area contributed by atoms with Crippen LogP contribution in [0.2, 0.25) is 0 Å². The molecule has 0 saturated heterocycles. The maximum absolute atomic E-state index is 11.9. The highest BCUT2D eigenvalue weighted by Gasteiger charge is 2.27. The molecule has 0 spiro atoms. The van der Waals surface area contributed by atoms with Crippen LogP contribution in [0.1, 0.15) is 36.0 Å². The Morgan fingerprint density at radius 3 is 2.88 bits per heavy atom. The van der Waals surface area contributed by atoms with Crippen molar-refractivity contribution in [2.24, 2.45) is 0 Å². The molecular weight excluding hydrogens is 208 g/mol. The SMILES string of the molecule is C=C/C(=C\C)[C@@H]1CC(=O)Cc2c(C)cccc21. The smallest absolute Gasteiger partial charge is 0.138 e. The highest BCUT2D eigenvalue weighted by molar-refractivity contribution is 5.85. The number of aryl methyl sites for hydroxylation is 1. The summed E-state index contributed by atoms with van der Waals surface area (Å²) in [6.45, 7) is 7.93. The molecule has 0 bridgehead atoms. The van der Waals surface area contributed by atoms with Crippen molar-refractivity contribution in [3.05, 3.63) is 59.2 Å². The van der Waals surface area contributed by atoms with E-state index in [1.54, 1.807) is 0 Å². The molecule has 1 atom stereocenters. The summed E-state index contributed by atoms with van der Waals surface area (Å²) < 4.78 is 0. The summed E-state index contributed by atoms with van der Waals surface area (Å²) >= 11 is 0. The van der Waals surface area contributed by atoms with Gasteiger partial charge in [0.2, 0.25) is 0 Å². The van der Waals surface area contributed by atoms with Crippen LogP contribution in [0, 0.1) is 6.92 Å². The Hall–Kier alpha value is -1.63.